The standard InChI is InChI=1S/C14H24N4O2S/c1-11-4-3-5-12(8-11)6-7-18-21(19,20)13-9-16-14(15-2)17-10-13/h9-12,18H,3-8H2,1-2H3,(H,15,16,17). The van der Waals surface area contributed by atoms with Crippen LogP contribution in [0.2, 0.25) is 0 Å². The van der Waals surface area contributed by atoms with E-state index in [4.69, 9.17) is 0 Å². The Morgan fingerprint density at radius 3 is 2.62 bits per heavy atom. The van der Waals surface area contributed by atoms with Gasteiger partial charge in [-0.25, -0.2) is 23.1 Å². The molecule has 1 aliphatic carbocycles. The molecule has 1 heterocycles. The van der Waals surface area contributed by atoms with Crippen molar-refractivity contribution in [2.45, 2.75) is 43.9 Å². The highest BCUT2D eigenvalue weighted by Gasteiger charge is 2.20. The van der Waals surface area contributed by atoms with Crippen molar-refractivity contribution in [1.82, 2.24) is 14.7 Å². The largest absolute Gasteiger partial charge is 0.357 e. The van der Waals surface area contributed by atoms with Crippen molar-refractivity contribution in [2.24, 2.45) is 11.8 Å². The molecule has 2 rings (SSSR count). The van der Waals surface area contributed by atoms with Crippen molar-refractivity contribution >= 4 is 16.0 Å². The van der Waals surface area contributed by atoms with E-state index in [-0.39, 0.29) is 4.90 Å². The van der Waals surface area contributed by atoms with Gasteiger partial charge in [-0.3, -0.25) is 0 Å². The highest BCUT2D eigenvalue weighted by atomic mass is 32.2. The Labute approximate surface area is 126 Å². The molecule has 0 saturated heterocycles. The molecule has 0 bridgehead atoms. The zero-order chi connectivity index (χ0) is 15.3. The summed E-state index contributed by atoms with van der Waals surface area (Å²) in [5.41, 5.74) is 0. The molecule has 2 unspecified atom stereocenters. The van der Waals surface area contributed by atoms with Crippen LogP contribution in [-0.2, 0) is 10.0 Å². The fourth-order valence-corrected chi connectivity index (χ4v) is 3.82. The number of nitrogens with one attached hydrogen (secondary N) is 2. The maximum Gasteiger partial charge on any atom is 0.243 e. The summed E-state index contributed by atoms with van der Waals surface area (Å²) >= 11 is 0. The first kappa shape index (κ1) is 16.2. The molecule has 1 saturated carbocycles. The third-order valence-corrected chi connectivity index (χ3v) is 5.47. The van der Waals surface area contributed by atoms with Crippen LogP contribution in [0.15, 0.2) is 17.3 Å². The van der Waals surface area contributed by atoms with Crippen LogP contribution in [0.5, 0.6) is 0 Å². The van der Waals surface area contributed by atoms with E-state index >= 15 is 0 Å². The van der Waals surface area contributed by atoms with Crippen molar-refractivity contribution < 1.29 is 8.42 Å². The molecule has 2 N–H and O–H groups in total. The SMILES string of the molecule is CNc1ncc(S(=O)(=O)NCCC2CCCC(C)C2)cn1. The van der Waals surface area contributed by atoms with E-state index < -0.39 is 10.0 Å². The van der Waals surface area contributed by atoms with Gasteiger partial charge in [-0.15, -0.1) is 0 Å². The molecule has 118 valence electrons. The highest BCUT2D eigenvalue weighted by molar-refractivity contribution is 7.89. The molecule has 7 heteroatoms. The van der Waals surface area contributed by atoms with Crippen molar-refractivity contribution in [3.63, 3.8) is 0 Å². The number of nitrogens with zero attached hydrogens (tertiary/aromatic N) is 2. The van der Waals surface area contributed by atoms with Crippen LogP contribution in [0.25, 0.3) is 0 Å². The van der Waals surface area contributed by atoms with Gasteiger partial charge in [-0.2, -0.15) is 0 Å². The quantitative estimate of drug-likeness (QED) is 0.839. The summed E-state index contributed by atoms with van der Waals surface area (Å²) in [6.45, 7) is 2.75. The molecule has 2 atom stereocenters. The Hall–Kier alpha value is -1.21. The third-order valence-electron chi connectivity index (χ3n) is 4.05. The Morgan fingerprint density at radius 2 is 2.00 bits per heavy atom. The minimum absolute atomic E-state index is 0.110. The first-order chi connectivity index (χ1) is 10.0. The van der Waals surface area contributed by atoms with Gasteiger partial charge < -0.3 is 5.32 Å². The molecule has 0 amide bonds. The van der Waals surface area contributed by atoms with Gasteiger partial charge in [0.1, 0.15) is 4.90 Å². The van der Waals surface area contributed by atoms with Gasteiger partial charge in [0.25, 0.3) is 0 Å². The molecule has 1 aliphatic rings. The second-order valence-electron chi connectivity index (χ2n) is 5.82. The first-order valence-electron chi connectivity index (χ1n) is 7.50. The smallest absolute Gasteiger partial charge is 0.243 e. The topological polar surface area (TPSA) is 84.0 Å². The minimum atomic E-state index is -3.50. The zero-order valence-electron chi connectivity index (χ0n) is 12.7. The number of hydrogen-bond donors (Lipinski definition) is 2. The zero-order valence-corrected chi connectivity index (χ0v) is 13.5. The van der Waals surface area contributed by atoms with Crippen LogP contribution < -0.4 is 10.0 Å². The average Bonchev–Trinajstić information content (AvgIpc) is 2.47. The number of hydrogen-bond acceptors (Lipinski definition) is 5. The lowest BCUT2D eigenvalue weighted by Crippen LogP contribution is -2.27. The van der Waals surface area contributed by atoms with Crippen LogP contribution in [0.1, 0.15) is 39.0 Å². The molecule has 0 aliphatic heterocycles. The van der Waals surface area contributed by atoms with Crippen LogP contribution in [0, 0.1) is 11.8 Å². The van der Waals surface area contributed by atoms with E-state index in [2.05, 4.69) is 26.9 Å². The fourth-order valence-electron chi connectivity index (χ4n) is 2.89. The van der Waals surface area contributed by atoms with Crippen LogP contribution >= 0.6 is 0 Å². The Bertz CT molecular complexity index is 545. The Morgan fingerprint density at radius 1 is 1.29 bits per heavy atom. The normalized spacial score (nSPS) is 23.0. The van der Waals surface area contributed by atoms with E-state index in [0.717, 1.165) is 12.3 Å². The van der Waals surface area contributed by atoms with Gasteiger partial charge in [-0.1, -0.05) is 26.2 Å². The third kappa shape index (κ3) is 4.64. The molecule has 1 aromatic heterocycles. The van der Waals surface area contributed by atoms with Gasteiger partial charge >= 0.3 is 0 Å². The monoisotopic (exact) mass is 312 g/mol. The van der Waals surface area contributed by atoms with Crippen molar-refractivity contribution in [3.8, 4) is 0 Å². The van der Waals surface area contributed by atoms with Crippen LogP contribution in [-0.4, -0.2) is 32.0 Å². The number of anilines is 1. The lowest BCUT2D eigenvalue weighted by Gasteiger charge is -2.26. The van der Waals surface area contributed by atoms with Gasteiger partial charge in [0, 0.05) is 13.6 Å². The Kier molecular flexibility index (Phi) is 5.52. The number of rotatable bonds is 6. The van der Waals surface area contributed by atoms with Gasteiger partial charge in [0.2, 0.25) is 16.0 Å². The summed E-state index contributed by atoms with van der Waals surface area (Å²) < 4.78 is 26.9. The number of aromatic nitrogens is 2. The summed E-state index contributed by atoms with van der Waals surface area (Å²) in [6.07, 6.45) is 8.54. The molecular formula is C14H24N4O2S. The summed E-state index contributed by atoms with van der Waals surface area (Å²) in [4.78, 5) is 7.97. The molecule has 1 fully saturated rings. The summed E-state index contributed by atoms with van der Waals surface area (Å²) in [6, 6.07) is 0. The van der Waals surface area contributed by atoms with Gasteiger partial charge in [0.05, 0.1) is 12.4 Å². The Balaban J connectivity index is 1.85. The van der Waals surface area contributed by atoms with Gasteiger partial charge in [-0.05, 0) is 24.7 Å². The fraction of sp³-hybridized carbons (Fsp3) is 0.714. The summed E-state index contributed by atoms with van der Waals surface area (Å²) in [5.74, 6) is 1.81. The molecule has 0 radical (unpaired) electrons. The predicted molar refractivity (Wildman–Crippen MR) is 82.5 cm³/mol. The molecule has 1 aromatic rings. The predicted octanol–water partition coefficient (Wildman–Crippen LogP) is 2.01. The maximum absolute atomic E-state index is 12.1. The first-order valence-corrected chi connectivity index (χ1v) is 8.99. The second-order valence-corrected chi connectivity index (χ2v) is 7.58. The van der Waals surface area contributed by atoms with Crippen molar-refractivity contribution in [3.05, 3.63) is 12.4 Å². The average molecular weight is 312 g/mol. The molecule has 6 nitrogen and oxygen atoms in total. The molecule has 21 heavy (non-hydrogen) atoms. The van der Waals surface area contributed by atoms with Crippen LogP contribution in [0.3, 0.4) is 0 Å². The summed E-state index contributed by atoms with van der Waals surface area (Å²) in [5, 5.41) is 2.76. The van der Waals surface area contributed by atoms with E-state index in [9.17, 15) is 8.42 Å². The summed E-state index contributed by atoms with van der Waals surface area (Å²) in [7, 11) is -1.81. The number of sulfonamides is 1. The molecule has 0 aromatic carbocycles. The van der Waals surface area contributed by atoms with Gasteiger partial charge in [0.15, 0.2) is 0 Å². The molecule has 0 spiro atoms. The van der Waals surface area contributed by atoms with Crippen molar-refractivity contribution in [1.29, 1.82) is 0 Å². The van der Waals surface area contributed by atoms with E-state index in [1.54, 1.807) is 7.05 Å². The minimum Gasteiger partial charge on any atom is -0.357 e. The van der Waals surface area contributed by atoms with Crippen LogP contribution in [0.4, 0.5) is 5.95 Å². The van der Waals surface area contributed by atoms with E-state index in [1.165, 1.54) is 38.1 Å². The molecular weight excluding hydrogens is 288 g/mol. The highest BCUT2D eigenvalue weighted by Crippen LogP contribution is 2.30. The lowest BCUT2D eigenvalue weighted by molar-refractivity contribution is 0.271. The van der Waals surface area contributed by atoms with E-state index in [1.807, 2.05) is 0 Å². The maximum atomic E-state index is 12.1. The van der Waals surface area contributed by atoms with Crippen molar-refractivity contribution in [2.75, 3.05) is 18.9 Å². The van der Waals surface area contributed by atoms with E-state index in [0.29, 0.717) is 18.4 Å². The second kappa shape index (κ2) is 7.17. The lowest BCUT2D eigenvalue weighted by atomic mass is 9.81.